The summed E-state index contributed by atoms with van der Waals surface area (Å²) in [6, 6.07) is 13.5. The molecule has 0 radical (unpaired) electrons. The molecule has 4 fully saturated rings. The standard InChI is InChI=1S/C27H34N6O/c1-32-10-12-33(13-11-32)24-9-7-18(16-28-24)25-19-8-6-17(14-23(19)30-31-25)21-15-27(21)20-4-2-3-5-22(20)29-26(27)34/h2-5,7,9,16-17,19,21,23,25,30-31H,6,8,10-15H2,1H3,(H,29,34)/t17?,19?,21-,23?,25?,27-/m0/s1. The van der Waals surface area contributed by atoms with E-state index in [-0.39, 0.29) is 11.3 Å². The van der Waals surface area contributed by atoms with Crippen LogP contribution in [-0.4, -0.2) is 55.1 Å². The molecule has 178 valence electrons. The maximum atomic E-state index is 12.9. The molecule has 5 aliphatic rings. The molecule has 1 amide bonds. The van der Waals surface area contributed by atoms with Crippen LogP contribution in [0.3, 0.4) is 0 Å². The Balaban J connectivity index is 1.02. The first-order chi connectivity index (χ1) is 16.6. The second kappa shape index (κ2) is 7.77. The van der Waals surface area contributed by atoms with Crippen molar-refractivity contribution in [3.8, 4) is 0 Å². The molecule has 7 rings (SSSR count). The smallest absolute Gasteiger partial charge is 0.235 e. The van der Waals surface area contributed by atoms with Crippen LogP contribution in [0.25, 0.3) is 0 Å². The van der Waals surface area contributed by atoms with Gasteiger partial charge in [-0.3, -0.25) is 10.2 Å². The minimum absolute atomic E-state index is 0.225. The van der Waals surface area contributed by atoms with E-state index in [1.54, 1.807) is 0 Å². The molecule has 2 saturated carbocycles. The molecule has 3 N–H and O–H groups in total. The summed E-state index contributed by atoms with van der Waals surface area (Å²) < 4.78 is 0. The molecule has 1 aromatic carbocycles. The van der Waals surface area contributed by atoms with E-state index in [4.69, 9.17) is 4.98 Å². The van der Waals surface area contributed by atoms with Gasteiger partial charge in [0, 0.05) is 44.1 Å². The molecule has 0 bridgehead atoms. The van der Waals surface area contributed by atoms with Crippen molar-refractivity contribution >= 4 is 17.4 Å². The van der Waals surface area contributed by atoms with Crippen LogP contribution in [0.5, 0.6) is 0 Å². The van der Waals surface area contributed by atoms with Crippen LogP contribution in [-0.2, 0) is 10.2 Å². The summed E-state index contributed by atoms with van der Waals surface area (Å²) in [7, 11) is 2.18. The Morgan fingerprint density at radius 1 is 1.03 bits per heavy atom. The number of benzene rings is 1. The molecule has 1 spiro atoms. The quantitative estimate of drug-likeness (QED) is 0.657. The Bertz CT molecular complexity index is 1100. The number of hydrogen-bond acceptors (Lipinski definition) is 6. The molecular formula is C27H34N6O. The number of likely N-dealkylation sites (N-methyl/N-ethyl adjacent to an activating group) is 1. The van der Waals surface area contributed by atoms with E-state index >= 15 is 0 Å². The number of hydrazine groups is 1. The molecule has 7 nitrogen and oxygen atoms in total. The van der Waals surface area contributed by atoms with E-state index in [9.17, 15) is 4.79 Å². The van der Waals surface area contributed by atoms with E-state index in [0.717, 1.165) is 50.5 Å². The maximum Gasteiger partial charge on any atom is 0.235 e. The third-order valence-corrected chi connectivity index (χ3v) is 9.40. The molecule has 1 aromatic heterocycles. The SMILES string of the molecule is CN1CCN(c2ccc(C3NNC4CC([C@@H]5C[C@@]56C(=O)Nc5ccccc56)CCC43)cn2)CC1. The molecule has 2 saturated heterocycles. The summed E-state index contributed by atoms with van der Waals surface area (Å²) >= 11 is 0. The summed E-state index contributed by atoms with van der Waals surface area (Å²) in [4.78, 5) is 22.5. The van der Waals surface area contributed by atoms with Crippen LogP contribution in [0.4, 0.5) is 11.5 Å². The Kier molecular flexibility index (Phi) is 4.76. The lowest BCUT2D eigenvalue weighted by Crippen LogP contribution is -2.44. The number of piperazine rings is 1. The summed E-state index contributed by atoms with van der Waals surface area (Å²) in [5.74, 6) is 2.97. The monoisotopic (exact) mass is 458 g/mol. The van der Waals surface area contributed by atoms with Crippen molar-refractivity contribution in [2.45, 2.75) is 43.2 Å². The van der Waals surface area contributed by atoms with Crippen molar-refractivity contribution in [1.82, 2.24) is 20.7 Å². The van der Waals surface area contributed by atoms with Crippen molar-refractivity contribution in [3.05, 3.63) is 53.7 Å². The number of pyridine rings is 1. The van der Waals surface area contributed by atoms with E-state index < -0.39 is 0 Å². The van der Waals surface area contributed by atoms with Crippen LogP contribution in [0.1, 0.15) is 42.9 Å². The maximum absolute atomic E-state index is 12.9. The lowest BCUT2D eigenvalue weighted by atomic mass is 9.72. The highest BCUT2D eigenvalue weighted by atomic mass is 16.2. The predicted octanol–water partition coefficient (Wildman–Crippen LogP) is 2.68. The first-order valence-corrected chi connectivity index (χ1v) is 12.9. The normalized spacial score (nSPS) is 36.9. The van der Waals surface area contributed by atoms with Gasteiger partial charge in [0.1, 0.15) is 5.82 Å². The fraction of sp³-hybridized carbons (Fsp3) is 0.556. The van der Waals surface area contributed by atoms with Gasteiger partial charge in [0.2, 0.25) is 5.91 Å². The van der Waals surface area contributed by atoms with Gasteiger partial charge in [0.25, 0.3) is 0 Å². The van der Waals surface area contributed by atoms with E-state index in [1.807, 2.05) is 12.1 Å². The van der Waals surface area contributed by atoms with Gasteiger partial charge in [-0.05, 0) is 73.7 Å². The summed E-state index contributed by atoms with van der Waals surface area (Å²) in [5, 5.41) is 3.14. The second-order valence-electron chi connectivity index (χ2n) is 11.1. The van der Waals surface area contributed by atoms with Gasteiger partial charge < -0.3 is 15.1 Å². The molecule has 4 unspecified atom stereocenters. The van der Waals surface area contributed by atoms with Crippen LogP contribution in [0, 0.1) is 17.8 Å². The molecule has 3 aliphatic heterocycles. The van der Waals surface area contributed by atoms with Crippen LogP contribution in [0.2, 0.25) is 0 Å². The topological polar surface area (TPSA) is 72.5 Å². The Hall–Kier alpha value is -2.48. The highest BCUT2D eigenvalue weighted by molar-refractivity contribution is 6.08. The largest absolute Gasteiger partial charge is 0.354 e. The molecule has 6 atom stereocenters. The van der Waals surface area contributed by atoms with E-state index in [2.05, 4.69) is 63.5 Å². The third-order valence-electron chi connectivity index (χ3n) is 9.40. The van der Waals surface area contributed by atoms with E-state index in [0.29, 0.717) is 29.8 Å². The Labute approximate surface area is 201 Å². The van der Waals surface area contributed by atoms with Gasteiger partial charge in [0.05, 0.1) is 11.5 Å². The summed E-state index contributed by atoms with van der Waals surface area (Å²) in [6.45, 7) is 4.28. The summed E-state index contributed by atoms with van der Waals surface area (Å²) in [6.07, 6.45) is 6.62. The van der Waals surface area contributed by atoms with Crippen molar-refractivity contribution in [1.29, 1.82) is 0 Å². The van der Waals surface area contributed by atoms with Gasteiger partial charge in [-0.2, -0.15) is 0 Å². The summed E-state index contributed by atoms with van der Waals surface area (Å²) in [5.41, 5.74) is 10.5. The molecule has 4 heterocycles. The van der Waals surface area contributed by atoms with Gasteiger partial charge in [-0.25, -0.2) is 10.4 Å². The predicted molar refractivity (Wildman–Crippen MR) is 132 cm³/mol. The number of anilines is 2. The second-order valence-corrected chi connectivity index (χ2v) is 11.1. The molecule has 7 heteroatoms. The number of carbonyl (C=O) groups excluding carboxylic acids is 1. The number of amides is 1. The minimum atomic E-state index is -0.261. The number of rotatable bonds is 3. The van der Waals surface area contributed by atoms with Gasteiger partial charge >= 0.3 is 0 Å². The number of hydrogen-bond donors (Lipinski definition) is 3. The zero-order valence-corrected chi connectivity index (χ0v) is 19.8. The number of para-hydroxylation sites is 1. The molecule has 2 aromatic rings. The Morgan fingerprint density at radius 3 is 2.71 bits per heavy atom. The zero-order chi connectivity index (χ0) is 22.9. The Morgan fingerprint density at radius 2 is 1.88 bits per heavy atom. The molecule has 2 aliphatic carbocycles. The first kappa shape index (κ1) is 20.9. The number of nitrogens with zero attached hydrogens (tertiary/aromatic N) is 3. The van der Waals surface area contributed by atoms with Gasteiger partial charge in [0.15, 0.2) is 0 Å². The van der Waals surface area contributed by atoms with Crippen molar-refractivity contribution in [2.24, 2.45) is 17.8 Å². The fourth-order valence-electron chi connectivity index (χ4n) is 7.36. The van der Waals surface area contributed by atoms with Crippen LogP contribution in [0.15, 0.2) is 42.6 Å². The van der Waals surface area contributed by atoms with Crippen molar-refractivity contribution < 1.29 is 4.79 Å². The molecular weight excluding hydrogens is 424 g/mol. The number of aromatic nitrogens is 1. The lowest BCUT2D eigenvalue weighted by Gasteiger charge is -2.34. The first-order valence-electron chi connectivity index (χ1n) is 12.9. The third kappa shape index (κ3) is 3.13. The average Bonchev–Trinajstić information content (AvgIpc) is 3.39. The van der Waals surface area contributed by atoms with Crippen LogP contribution >= 0.6 is 0 Å². The highest BCUT2D eigenvalue weighted by Gasteiger charge is 2.67. The number of nitrogens with one attached hydrogen (secondary N) is 3. The van der Waals surface area contributed by atoms with Gasteiger partial charge in [-0.15, -0.1) is 0 Å². The van der Waals surface area contributed by atoms with Crippen molar-refractivity contribution in [2.75, 3.05) is 43.4 Å². The zero-order valence-electron chi connectivity index (χ0n) is 19.8. The number of fused-ring (bicyclic) bond motifs is 3. The molecule has 34 heavy (non-hydrogen) atoms. The highest BCUT2D eigenvalue weighted by Crippen LogP contribution is 2.65. The minimum Gasteiger partial charge on any atom is -0.354 e. The van der Waals surface area contributed by atoms with Gasteiger partial charge in [-0.1, -0.05) is 24.3 Å². The van der Waals surface area contributed by atoms with E-state index in [1.165, 1.54) is 24.0 Å². The average molecular weight is 459 g/mol. The van der Waals surface area contributed by atoms with Crippen LogP contribution < -0.4 is 21.1 Å². The van der Waals surface area contributed by atoms with Crippen molar-refractivity contribution in [3.63, 3.8) is 0 Å². The lowest BCUT2D eigenvalue weighted by molar-refractivity contribution is -0.118. The fourth-order valence-corrected chi connectivity index (χ4v) is 7.36. The number of carbonyl (C=O) groups is 1.